The van der Waals surface area contributed by atoms with E-state index in [1.165, 1.54) is 0 Å². The standard InChI is InChI=1S/C14H19N3O2S/c1-16-9-14-5-6-17(10-14)20(18,19)11-13-4-2-3-12(7-13)8-15/h2-4,7,14,16H,5-6,9-11H2,1H3/t14-/m0/s1. The zero-order valence-electron chi connectivity index (χ0n) is 11.5. The molecule has 0 radical (unpaired) electrons. The molecule has 1 aromatic rings. The Balaban J connectivity index is 2.06. The number of hydrogen-bond acceptors (Lipinski definition) is 4. The van der Waals surface area contributed by atoms with Crippen molar-refractivity contribution in [2.75, 3.05) is 26.7 Å². The normalized spacial score (nSPS) is 19.9. The Morgan fingerprint density at radius 1 is 1.50 bits per heavy atom. The van der Waals surface area contributed by atoms with E-state index in [9.17, 15) is 8.42 Å². The van der Waals surface area contributed by atoms with Crippen molar-refractivity contribution in [2.45, 2.75) is 12.2 Å². The van der Waals surface area contributed by atoms with E-state index in [1.54, 1.807) is 28.6 Å². The molecule has 1 saturated heterocycles. The van der Waals surface area contributed by atoms with Gasteiger partial charge in [0.2, 0.25) is 10.0 Å². The fraction of sp³-hybridized carbons (Fsp3) is 0.500. The fourth-order valence-electron chi connectivity index (χ4n) is 2.54. The third kappa shape index (κ3) is 3.57. The zero-order valence-corrected chi connectivity index (χ0v) is 12.4. The average molecular weight is 293 g/mol. The highest BCUT2D eigenvalue weighted by molar-refractivity contribution is 7.88. The van der Waals surface area contributed by atoms with Crippen molar-refractivity contribution in [3.05, 3.63) is 35.4 Å². The molecule has 1 aromatic carbocycles. The second-order valence-corrected chi connectivity index (χ2v) is 7.11. The summed E-state index contributed by atoms with van der Waals surface area (Å²) in [6.45, 7) is 2.02. The number of nitriles is 1. The van der Waals surface area contributed by atoms with Crippen molar-refractivity contribution in [3.8, 4) is 6.07 Å². The molecule has 6 heteroatoms. The fourth-order valence-corrected chi connectivity index (χ4v) is 4.14. The predicted molar refractivity (Wildman–Crippen MR) is 77.4 cm³/mol. The molecule has 1 N–H and O–H groups in total. The molecule has 20 heavy (non-hydrogen) atoms. The number of nitrogens with zero attached hydrogens (tertiary/aromatic N) is 2. The van der Waals surface area contributed by atoms with Crippen LogP contribution in [0.15, 0.2) is 24.3 Å². The maximum atomic E-state index is 12.4. The van der Waals surface area contributed by atoms with Gasteiger partial charge in [0.15, 0.2) is 0 Å². The van der Waals surface area contributed by atoms with Crippen molar-refractivity contribution in [2.24, 2.45) is 5.92 Å². The molecule has 1 fully saturated rings. The lowest BCUT2D eigenvalue weighted by Crippen LogP contribution is -2.31. The second-order valence-electron chi connectivity index (χ2n) is 5.14. The van der Waals surface area contributed by atoms with E-state index < -0.39 is 10.0 Å². The van der Waals surface area contributed by atoms with Gasteiger partial charge < -0.3 is 5.32 Å². The minimum atomic E-state index is -3.29. The molecular weight excluding hydrogens is 274 g/mol. The molecule has 5 nitrogen and oxygen atoms in total. The highest BCUT2D eigenvalue weighted by atomic mass is 32.2. The van der Waals surface area contributed by atoms with Gasteiger partial charge in [0, 0.05) is 13.1 Å². The van der Waals surface area contributed by atoms with Gasteiger partial charge in [-0.15, -0.1) is 0 Å². The number of hydrogen-bond donors (Lipinski definition) is 1. The summed E-state index contributed by atoms with van der Waals surface area (Å²) in [4.78, 5) is 0. The molecule has 0 amide bonds. The topological polar surface area (TPSA) is 73.2 Å². The molecule has 0 saturated carbocycles. The van der Waals surface area contributed by atoms with E-state index in [0.29, 0.717) is 30.1 Å². The lowest BCUT2D eigenvalue weighted by atomic mass is 10.1. The molecule has 108 valence electrons. The molecule has 0 bridgehead atoms. The first-order valence-electron chi connectivity index (χ1n) is 6.66. The molecule has 0 unspecified atom stereocenters. The highest BCUT2D eigenvalue weighted by Crippen LogP contribution is 2.21. The van der Waals surface area contributed by atoms with Crippen LogP contribution < -0.4 is 5.32 Å². The number of rotatable bonds is 5. The molecule has 1 atom stereocenters. The molecule has 2 rings (SSSR count). The summed E-state index contributed by atoms with van der Waals surface area (Å²) < 4.78 is 26.3. The van der Waals surface area contributed by atoms with E-state index in [0.717, 1.165) is 13.0 Å². The number of nitrogens with one attached hydrogen (secondary N) is 1. The van der Waals surface area contributed by atoms with Gasteiger partial charge in [-0.3, -0.25) is 0 Å². The van der Waals surface area contributed by atoms with Gasteiger partial charge in [0.1, 0.15) is 0 Å². The van der Waals surface area contributed by atoms with Crippen molar-refractivity contribution in [3.63, 3.8) is 0 Å². The average Bonchev–Trinajstić information content (AvgIpc) is 2.88. The largest absolute Gasteiger partial charge is 0.319 e. The summed E-state index contributed by atoms with van der Waals surface area (Å²) in [6.07, 6.45) is 0.901. The minimum absolute atomic E-state index is 0.0329. The second kappa shape index (κ2) is 6.35. The van der Waals surface area contributed by atoms with Gasteiger partial charge in [-0.05, 0) is 43.6 Å². The summed E-state index contributed by atoms with van der Waals surface area (Å²) in [7, 11) is -1.41. The lowest BCUT2D eigenvalue weighted by molar-refractivity contribution is 0.450. The first kappa shape index (κ1) is 15.0. The van der Waals surface area contributed by atoms with E-state index >= 15 is 0 Å². The van der Waals surface area contributed by atoms with Gasteiger partial charge in [-0.25, -0.2) is 12.7 Å². The summed E-state index contributed by atoms with van der Waals surface area (Å²) in [5.41, 5.74) is 1.16. The third-order valence-corrected chi connectivity index (χ3v) is 5.36. The van der Waals surface area contributed by atoms with Crippen LogP contribution in [0, 0.1) is 17.2 Å². The summed E-state index contributed by atoms with van der Waals surface area (Å²) in [5.74, 6) is 0.356. The maximum Gasteiger partial charge on any atom is 0.218 e. The van der Waals surface area contributed by atoms with Gasteiger partial charge in [-0.2, -0.15) is 5.26 Å². The Hall–Kier alpha value is -1.42. The van der Waals surface area contributed by atoms with Gasteiger partial charge in [0.25, 0.3) is 0 Å². The van der Waals surface area contributed by atoms with Crippen LogP contribution in [0.3, 0.4) is 0 Å². The van der Waals surface area contributed by atoms with Crippen LogP contribution in [0.1, 0.15) is 17.5 Å². The van der Waals surface area contributed by atoms with Crippen LogP contribution in [0.5, 0.6) is 0 Å². The van der Waals surface area contributed by atoms with Crippen LogP contribution in [-0.2, 0) is 15.8 Å². The van der Waals surface area contributed by atoms with Crippen molar-refractivity contribution < 1.29 is 8.42 Å². The Morgan fingerprint density at radius 2 is 2.30 bits per heavy atom. The molecule has 0 spiro atoms. The molecular formula is C14H19N3O2S. The first-order chi connectivity index (χ1) is 9.55. The Kier molecular flexibility index (Phi) is 4.76. The van der Waals surface area contributed by atoms with Crippen LogP contribution in [0.2, 0.25) is 0 Å². The first-order valence-corrected chi connectivity index (χ1v) is 8.27. The molecule has 1 aliphatic rings. The molecule has 1 aliphatic heterocycles. The molecule has 0 aromatic heterocycles. The van der Waals surface area contributed by atoms with Crippen molar-refractivity contribution in [1.82, 2.24) is 9.62 Å². The van der Waals surface area contributed by atoms with Gasteiger partial charge in [-0.1, -0.05) is 12.1 Å². The smallest absolute Gasteiger partial charge is 0.218 e. The minimum Gasteiger partial charge on any atom is -0.319 e. The molecule has 1 heterocycles. The van der Waals surface area contributed by atoms with E-state index in [1.807, 2.05) is 13.1 Å². The van der Waals surface area contributed by atoms with Gasteiger partial charge >= 0.3 is 0 Å². The number of benzene rings is 1. The van der Waals surface area contributed by atoms with E-state index in [4.69, 9.17) is 5.26 Å². The number of sulfonamides is 1. The summed E-state index contributed by atoms with van der Waals surface area (Å²) in [5, 5.41) is 11.9. The summed E-state index contributed by atoms with van der Waals surface area (Å²) >= 11 is 0. The van der Waals surface area contributed by atoms with Crippen molar-refractivity contribution >= 4 is 10.0 Å². The Bertz CT molecular complexity index is 607. The van der Waals surface area contributed by atoms with Crippen LogP contribution in [0.25, 0.3) is 0 Å². The van der Waals surface area contributed by atoms with Crippen LogP contribution in [0.4, 0.5) is 0 Å². The SMILES string of the molecule is CNC[C@@H]1CCN(S(=O)(=O)Cc2cccc(C#N)c2)C1. The monoisotopic (exact) mass is 293 g/mol. The Labute approximate surface area is 120 Å². The lowest BCUT2D eigenvalue weighted by Gasteiger charge is -2.16. The zero-order chi connectivity index (χ0) is 14.6. The Morgan fingerprint density at radius 3 is 3.00 bits per heavy atom. The molecule has 0 aliphatic carbocycles. The third-order valence-electron chi connectivity index (χ3n) is 3.54. The maximum absolute atomic E-state index is 12.4. The highest BCUT2D eigenvalue weighted by Gasteiger charge is 2.30. The quantitative estimate of drug-likeness (QED) is 0.876. The summed E-state index contributed by atoms with van der Waals surface area (Å²) in [6, 6.07) is 8.81. The van der Waals surface area contributed by atoms with E-state index in [-0.39, 0.29) is 5.75 Å². The van der Waals surface area contributed by atoms with E-state index in [2.05, 4.69) is 5.32 Å². The van der Waals surface area contributed by atoms with Crippen LogP contribution >= 0.6 is 0 Å². The van der Waals surface area contributed by atoms with Crippen LogP contribution in [-0.4, -0.2) is 39.4 Å². The predicted octanol–water partition coefficient (Wildman–Crippen LogP) is 0.929. The van der Waals surface area contributed by atoms with Crippen molar-refractivity contribution in [1.29, 1.82) is 5.26 Å². The van der Waals surface area contributed by atoms with Gasteiger partial charge in [0.05, 0.1) is 17.4 Å².